The van der Waals surface area contributed by atoms with Crippen LogP contribution in [0.15, 0.2) is 36.4 Å². The molecule has 0 saturated heterocycles. The van der Waals surface area contributed by atoms with E-state index in [9.17, 15) is 8.78 Å². The van der Waals surface area contributed by atoms with Gasteiger partial charge in [0.1, 0.15) is 17.3 Å². The number of halogens is 3. The number of aromatic nitrogens is 2. The molecule has 1 heterocycles. The molecule has 0 aliphatic carbocycles. The van der Waals surface area contributed by atoms with Gasteiger partial charge in [0, 0.05) is 5.02 Å². The Morgan fingerprint density at radius 2 is 1.79 bits per heavy atom. The Morgan fingerprint density at radius 1 is 1.11 bits per heavy atom. The fourth-order valence-electron chi connectivity index (χ4n) is 2.00. The molecule has 6 heteroatoms. The molecule has 0 bridgehead atoms. The number of hydrogen-bond donors (Lipinski definition) is 1. The van der Waals surface area contributed by atoms with Gasteiger partial charge in [-0.15, -0.1) is 0 Å². The minimum absolute atomic E-state index is 0.207. The van der Waals surface area contributed by atoms with E-state index in [0.717, 1.165) is 0 Å². The molecule has 0 aliphatic heterocycles. The van der Waals surface area contributed by atoms with Crippen molar-refractivity contribution in [2.45, 2.75) is 0 Å². The average Bonchev–Trinajstić information content (AvgIpc) is 2.66. The largest absolute Gasteiger partial charge is 0.330 e. The second-order valence-corrected chi connectivity index (χ2v) is 4.82. The van der Waals surface area contributed by atoms with Crippen molar-refractivity contribution >= 4 is 34.9 Å². The van der Waals surface area contributed by atoms with Crippen molar-refractivity contribution in [3.8, 4) is 5.69 Å². The van der Waals surface area contributed by atoms with E-state index in [-0.39, 0.29) is 10.5 Å². The molecule has 3 rings (SSSR count). The molecule has 2 aromatic carbocycles. The second kappa shape index (κ2) is 4.43. The summed E-state index contributed by atoms with van der Waals surface area (Å²) in [5.41, 5.74) is 0.986. The summed E-state index contributed by atoms with van der Waals surface area (Å²) in [7, 11) is 0. The molecule has 96 valence electrons. The van der Waals surface area contributed by atoms with Crippen molar-refractivity contribution in [3.05, 3.63) is 57.8 Å². The maximum atomic E-state index is 13.9. The fourth-order valence-corrected chi connectivity index (χ4v) is 2.47. The Kier molecular flexibility index (Phi) is 2.88. The van der Waals surface area contributed by atoms with E-state index in [1.807, 2.05) is 0 Å². The number of benzene rings is 2. The van der Waals surface area contributed by atoms with Gasteiger partial charge in [-0.05, 0) is 42.5 Å². The van der Waals surface area contributed by atoms with E-state index in [1.54, 1.807) is 18.2 Å². The summed E-state index contributed by atoms with van der Waals surface area (Å²) in [4.78, 5) is 2.89. The number of nitrogens with zero attached hydrogens (tertiary/aromatic N) is 1. The lowest BCUT2D eigenvalue weighted by molar-refractivity contribution is 0.570. The molecule has 0 spiro atoms. The van der Waals surface area contributed by atoms with Gasteiger partial charge in [0.05, 0.1) is 11.0 Å². The van der Waals surface area contributed by atoms with E-state index in [0.29, 0.717) is 16.1 Å². The Hall–Kier alpha value is -1.72. The van der Waals surface area contributed by atoms with Gasteiger partial charge in [0.25, 0.3) is 0 Å². The molecule has 2 nitrogen and oxygen atoms in total. The van der Waals surface area contributed by atoms with Crippen molar-refractivity contribution in [1.29, 1.82) is 0 Å². The molecule has 0 unspecified atom stereocenters. The minimum atomic E-state index is -0.683. The average molecular weight is 297 g/mol. The predicted octanol–water partition coefficient (Wildman–Crippen LogP) is 4.62. The van der Waals surface area contributed by atoms with Gasteiger partial charge in [-0.25, -0.2) is 8.78 Å². The zero-order valence-corrected chi connectivity index (χ0v) is 11.0. The monoisotopic (exact) mass is 296 g/mol. The normalized spacial score (nSPS) is 11.1. The zero-order valence-electron chi connectivity index (χ0n) is 9.45. The van der Waals surface area contributed by atoms with Gasteiger partial charge < -0.3 is 4.98 Å². The molecule has 1 aromatic heterocycles. The highest BCUT2D eigenvalue weighted by Gasteiger charge is 2.15. The smallest absolute Gasteiger partial charge is 0.182 e. The van der Waals surface area contributed by atoms with Crippen LogP contribution in [0.2, 0.25) is 5.02 Å². The quantitative estimate of drug-likeness (QED) is 0.650. The van der Waals surface area contributed by atoms with Crippen molar-refractivity contribution in [2.24, 2.45) is 0 Å². The van der Waals surface area contributed by atoms with Gasteiger partial charge in [-0.3, -0.25) is 4.57 Å². The Balaban J connectivity index is 2.46. The molecule has 0 saturated carbocycles. The van der Waals surface area contributed by atoms with E-state index in [4.69, 9.17) is 23.8 Å². The summed E-state index contributed by atoms with van der Waals surface area (Å²) < 4.78 is 29.3. The van der Waals surface area contributed by atoms with Crippen molar-refractivity contribution in [2.75, 3.05) is 0 Å². The number of aromatic amines is 1. The third-order valence-corrected chi connectivity index (χ3v) is 3.33. The van der Waals surface area contributed by atoms with Crippen LogP contribution in [0.3, 0.4) is 0 Å². The first kappa shape index (κ1) is 12.3. The number of para-hydroxylation sites is 1. The maximum Gasteiger partial charge on any atom is 0.182 e. The van der Waals surface area contributed by atoms with Crippen LogP contribution >= 0.6 is 23.8 Å². The number of H-pyrrole nitrogens is 1. The predicted molar refractivity (Wildman–Crippen MR) is 73.4 cm³/mol. The number of nitrogens with one attached hydrogen (secondary N) is 1. The number of fused-ring (bicyclic) bond motifs is 1. The summed E-state index contributed by atoms with van der Waals surface area (Å²) in [5, 5.41) is 0.465. The number of imidazole rings is 1. The van der Waals surface area contributed by atoms with Crippen LogP contribution in [-0.2, 0) is 0 Å². The van der Waals surface area contributed by atoms with E-state index >= 15 is 0 Å². The maximum absolute atomic E-state index is 13.9. The summed E-state index contributed by atoms with van der Waals surface area (Å²) >= 11 is 11.0. The molecule has 0 atom stereocenters. The SMILES string of the molecule is Fc1cccc(F)c1-n1c(=S)[nH]c2ccc(Cl)cc21. The lowest BCUT2D eigenvalue weighted by Gasteiger charge is -2.07. The molecule has 0 fully saturated rings. The first-order chi connectivity index (χ1) is 9.08. The van der Waals surface area contributed by atoms with Crippen LogP contribution in [0, 0.1) is 16.4 Å². The highest BCUT2D eigenvalue weighted by Crippen LogP contribution is 2.25. The Bertz CT molecular complexity index is 818. The summed E-state index contributed by atoms with van der Waals surface area (Å²) in [5.74, 6) is -1.37. The Labute approximate surface area is 117 Å². The van der Waals surface area contributed by atoms with E-state index in [2.05, 4.69) is 4.98 Å². The summed E-state index contributed by atoms with van der Waals surface area (Å²) in [6.45, 7) is 0. The summed E-state index contributed by atoms with van der Waals surface area (Å²) in [6.07, 6.45) is 0. The van der Waals surface area contributed by atoms with Crippen LogP contribution < -0.4 is 0 Å². The number of rotatable bonds is 1. The van der Waals surface area contributed by atoms with Crippen LogP contribution in [0.25, 0.3) is 16.7 Å². The number of hydrogen-bond acceptors (Lipinski definition) is 1. The van der Waals surface area contributed by atoms with Gasteiger partial charge in [-0.2, -0.15) is 0 Å². The molecule has 0 aliphatic rings. The molecule has 0 radical (unpaired) electrons. The lowest BCUT2D eigenvalue weighted by Crippen LogP contribution is -2.01. The molecule has 0 amide bonds. The minimum Gasteiger partial charge on any atom is -0.330 e. The molecular formula is C13H7ClF2N2S. The van der Waals surface area contributed by atoms with Crippen LogP contribution in [0.5, 0.6) is 0 Å². The molecular weight excluding hydrogens is 290 g/mol. The molecule has 3 aromatic rings. The second-order valence-electron chi connectivity index (χ2n) is 4.00. The molecule has 1 N–H and O–H groups in total. The van der Waals surface area contributed by atoms with Gasteiger partial charge in [-0.1, -0.05) is 17.7 Å². The highest BCUT2D eigenvalue weighted by atomic mass is 35.5. The third kappa shape index (κ3) is 1.95. The topological polar surface area (TPSA) is 20.7 Å². The van der Waals surface area contributed by atoms with Crippen molar-refractivity contribution < 1.29 is 8.78 Å². The third-order valence-electron chi connectivity index (χ3n) is 2.81. The summed E-state index contributed by atoms with van der Waals surface area (Å²) in [6, 6.07) is 8.67. The lowest BCUT2D eigenvalue weighted by atomic mass is 10.2. The molecule has 19 heavy (non-hydrogen) atoms. The fraction of sp³-hybridized carbons (Fsp3) is 0. The standard InChI is InChI=1S/C13H7ClF2N2S/c14-7-4-5-10-11(6-7)18(13(19)17-10)12-8(15)2-1-3-9(12)16/h1-6H,(H,17,19). The van der Waals surface area contributed by atoms with Gasteiger partial charge >= 0.3 is 0 Å². The van der Waals surface area contributed by atoms with Crippen molar-refractivity contribution in [1.82, 2.24) is 9.55 Å². The first-order valence-electron chi connectivity index (χ1n) is 5.42. The first-order valence-corrected chi connectivity index (χ1v) is 6.21. The van der Waals surface area contributed by atoms with Crippen LogP contribution in [0.1, 0.15) is 0 Å². The van der Waals surface area contributed by atoms with Gasteiger partial charge in [0.15, 0.2) is 4.77 Å². The Morgan fingerprint density at radius 3 is 2.47 bits per heavy atom. The van der Waals surface area contributed by atoms with Crippen LogP contribution in [-0.4, -0.2) is 9.55 Å². The van der Waals surface area contributed by atoms with Gasteiger partial charge in [0.2, 0.25) is 0 Å². The van der Waals surface area contributed by atoms with E-state index in [1.165, 1.54) is 22.8 Å². The highest BCUT2D eigenvalue weighted by molar-refractivity contribution is 7.71. The van der Waals surface area contributed by atoms with Crippen molar-refractivity contribution in [3.63, 3.8) is 0 Å². The van der Waals surface area contributed by atoms with E-state index < -0.39 is 11.6 Å². The zero-order chi connectivity index (χ0) is 13.6. The van der Waals surface area contributed by atoms with Crippen LogP contribution in [0.4, 0.5) is 8.78 Å².